The lowest BCUT2D eigenvalue weighted by Gasteiger charge is -2.14. The molecule has 1 amide bonds. The van der Waals surface area contributed by atoms with Gasteiger partial charge in [-0.25, -0.2) is 4.98 Å². The van der Waals surface area contributed by atoms with E-state index in [-0.39, 0.29) is 20.8 Å². The van der Waals surface area contributed by atoms with E-state index in [9.17, 15) is 18.0 Å². The summed E-state index contributed by atoms with van der Waals surface area (Å²) in [5.74, 6) is -0.433. The van der Waals surface area contributed by atoms with E-state index in [4.69, 9.17) is 34.8 Å². The fraction of sp³-hybridized carbons (Fsp3) is 0.200. The first kappa shape index (κ1) is 20.2. The SMILES string of the molecule is CC(Sc1ccc(C(F)(F)F)cn1)C(=O)Nc1c(Cl)cc(Cl)cc1Cl. The number of benzene rings is 1. The Kier molecular flexibility index (Phi) is 6.48. The van der Waals surface area contributed by atoms with Gasteiger partial charge in [0.05, 0.1) is 31.6 Å². The Morgan fingerprint density at radius 3 is 2.28 bits per heavy atom. The summed E-state index contributed by atoms with van der Waals surface area (Å²) < 4.78 is 37.5. The summed E-state index contributed by atoms with van der Waals surface area (Å²) in [6.45, 7) is 1.58. The van der Waals surface area contributed by atoms with Crippen LogP contribution in [0.1, 0.15) is 12.5 Å². The number of halogens is 6. The molecule has 0 radical (unpaired) electrons. The maximum Gasteiger partial charge on any atom is 0.417 e. The van der Waals surface area contributed by atoms with Crippen LogP contribution in [-0.4, -0.2) is 16.1 Å². The average Bonchev–Trinajstić information content (AvgIpc) is 2.50. The lowest BCUT2D eigenvalue weighted by atomic mass is 10.3. The predicted molar refractivity (Wildman–Crippen MR) is 94.7 cm³/mol. The van der Waals surface area contributed by atoms with E-state index >= 15 is 0 Å². The molecule has 134 valence electrons. The molecule has 0 spiro atoms. The lowest BCUT2D eigenvalue weighted by molar-refractivity contribution is -0.137. The monoisotopic (exact) mass is 428 g/mol. The molecule has 1 aromatic heterocycles. The number of nitrogens with one attached hydrogen (secondary N) is 1. The van der Waals surface area contributed by atoms with Gasteiger partial charge in [0, 0.05) is 11.2 Å². The maximum absolute atomic E-state index is 12.5. The molecule has 0 fully saturated rings. The number of hydrogen-bond acceptors (Lipinski definition) is 3. The maximum atomic E-state index is 12.5. The average molecular weight is 430 g/mol. The highest BCUT2D eigenvalue weighted by Gasteiger charge is 2.30. The Morgan fingerprint density at radius 1 is 1.20 bits per heavy atom. The van der Waals surface area contributed by atoms with Crippen molar-refractivity contribution in [3.63, 3.8) is 0 Å². The van der Waals surface area contributed by atoms with Crippen molar-refractivity contribution in [3.8, 4) is 0 Å². The summed E-state index contributed by atoms with van der Waals surface area (Å²) in [4.78, 5) is 16.0. The number of amides is 1. The van der Waals surface area contributed by atoms with Crippen molar-refractivity contribution in [1.29, 1.82) is 0 Å². The van der Waals surface area contributed by atoms with E-state index < -0.39 is 22.9 Å². The van der Waals surface area contributed by atoms with Gasteiger partial charge in [0.25, 0.3) is 0 Å². The van der Waals surface area contributed by atoms with Gasteiger partial charge in [-0.15, -0.1) is 0 Å². The summed E-state index contributed by atoms with van der Waals surface area (Å²) in [6, 6.07) is 4.98. The second-order valence-electron chi connectivity index (χ2n) is 4.88. The fourth-order valence-electron chi connectivity index (χ4n) is 1.74. The summed E-state index contributed by atoms with van der Waals surface area (Å²) in [5, 5.41) is 2.88. The summed E-state index contributed by atoms with van der Waals surface area (Å²) in [6.07, 6.45) is -3.73. The number of thioether (sulfide) groups is 1. The first-order chi connectivity index (χ1) is 11.6. The van der Waals surface area contributed by atoms with Crippen LogP contribution in [0.25, 0.3) is 0 Å². The van der Waals surface area contributed by atoms with Crippen LogP contribution >= 0.6 is 46.6 Å². The Hall–Kier alpha value is -1.15. The minimum Gasteiger partial charge on any atom is -0.323 e. The Balaban J connectivity index is 2.06. The van der Waals surface area contributed by atoms with Crippen molar-refractivity contribution in [2.75, 3.05) is 5.32 Å². The molecule has 25 heavy (non-hydrogen) atoms. The van der Waals surface area contributed by atoms with Crippen LogP contribution in [0.2, 0.25) is 15.1 Å². The summed E-state index contributed by atoms with van der Waals surface area (Å²) in [5.41, 5.74) is -0.640. The number of anilines is 1. The number of carbonyl (C=O) groups excluding carboxylic acids is 1. The topological polar surface area (TPSA) is 42.0 Å². The third-order valence-corrected chi connectivity index (χ3v) is 4.85. The number of aromatic nitrogens is 1. The Labute approximate surface area is 160 Å². The van der Waals surface area contributed by atoms with Crippen molar-refractivity contribution in [1.82, 2.24) is 4.98 Å². The molecule has 0 saturated heterocycles. The van der Waals surface area contributed by atoms with Gasteiger partial charge in [-0.1, -0.05) is 46.6 Å². The van der Waals surface area contributed by atoms with Gasteiger partial charge in [-0.05, 0) is 31.2 Å². The molecule has 1 aromatic carbocycles. The number of alkyl halides is 3. The van der Waals surface area contributed by atoms with Crippen molar-refractivity contribution in [2.45, 2.75) is 23.4 Å². The van der Waals surface area contributed by atoms with Crippen LogP contribution < -0.4 is 5.32 Å². The van der Waals surface area contributed by atoms with Crippen molar-refractivity contribution >= 4 is 58.2 Å². The van der Waals surface area contributed by atoms with Crippen molar-refractivity contribution in [2.24, 2.45) is 0 Å². The minimum atomic E-state index is -4.46. The van der Waals surface area contributed by atoms with Crippen LogP contribution in [0.5, 0.6) is 0 Å². The van der Waals surface area contributed by atoms with E-state index in [0.29, 0.717) is 5.02 Å². The number of hydrogen-bond donors (Lipinski definition) is 1. The quantitative estimate of drug-likeness (QED) is 0.590. The van der Waals surface area contributed by atoms with Crippen molar-refractivity contribution in [3.05, 3.63) is 51.1 Å². The molecule has 1 N–H and O–H groups in total. The van der Waals surface area contributed by atoms with Gasteiger partial charge in [0.15, 0.2) is 0 Å². The zero-order chi connectivity index (χ0) is 18.8. The molecular formula is C15H10Cl3F3N2OS. The second kappa shape index (κ2) is 8.03. The van der Waals surface area contributed by atoms with E-state index in [1.54, 1.807) is 6.92 Å². The molecule has 0 saturated carbocycles. The van der Waals surface area contributed by atoms with Gasteiger partial charge in [-0.3, -0.25) is 4.79 Å². The highest BCUT2D eigenvalue weighted by atomic mass is 35.5. The molecule has 1 heterocycles. The Morgan fingerprint density at radius 2 is 1.80 bits per heavy atom. The van der Waals surface area contributed by atoms with E-state index in [1.807, 2.05) is 0 Å². The molecule has 0 aliphatic rings. The highest BCUT2D eigenvalue weighted by molar-refractivity contribution is 8.00. The molecule has 1 atom stereocenters. The van der Waals surface area contributed by atoms with E-state index in [2.05, 4.69) is 10.3 Å². The number of pyridine rings is 1. The van der Waals surface area contributed by atoms with Gasteiger partial charge in [0.1, 0.15) is 0 Å². The van der Waals surface area contributed by atoms with Gasteiger partial charge < -0.3 is 5.32 Å². The molecule has 3 nitrogen and oxygen atoms in total. The summed E-state index contributed by atoms with van der Waals surface area (Å²) >= 11 is 18.8. The van der Waals surface area contributed by atoms with Gasteiger partial charge in [0.2, 0.25) is 5.91 Å². The molecule has 2 aromatic rings. The van der Waals surface area contributed by atoms with Gasteiger partial charge >= 0.3 is 6.18 Å². The third kappa shape index (κ3) is 5.41. The smallest absolute Gasteiger partial charge is 0.323 e. The zero-order valence-electron chi connectivity index (χ0n) is 12.5. The highest BCUT2D eigenvalue weighted by Crippen LogP contribution is 2.35. The molecular weight excluding hydrogens is 420 g/mol. The van der Waals surface area contributed by atoms with E-state index in [1.165, 1.54) is 18.2 Å². The van der Waals surface area contributed by atoms with Gasteiger partial charge in [-0.2, -0.15) is 13.2 Å². The first-order valence-corrected chi connectivity index (χ1v) is 8.74. The molecule has 0 aliphatic heterocycles. The van der Waals surface area contributed by atoms with Crippen LogP contribution in [-0.2, 0) is 11.0 Å². The predicted octanol–water partition coefficient (Wildman–Crippen LogP) is 6.18. The molecule has 0 aliphatic carbocycles. The Bertz CT molecular complexity index is 762. The standard InChI is InChI=1S/C15H10Cl3F3N2OS/c1-7(25-12-3-2-8(6-22-12)15(19,20)21)14(24)23-13-10(17)4-9(16)5-11(13)18/h2-7H,1H3,(H,23,24). The molecule has 0 bridgehead atoms. The fourth-order valence-corrected chi connectivity index (χ4v) is 3.44. The second-order valence-corrected chi connectivity index (χ2v) is 7.49. The van der Waals surface area contributed by atoms with Crippen molar-refractivity contribution < 1.29 is 18.0 Å². The van der Waals surface area contributed by atoms with Crippen LogP contribution in [0.15, 0.2) is 35.5 Å². The molecule has 1 unspecified atom stereocenters. The lowest BCUT2D eigenvalue weighted by Crippen LogP contribution is -2.23. The van der Waals surface area contributed by atoms with Crippen LogP contribution in [0, 0.1) is 0 Å². The largest absolute Gasteiger partial charge is 0.417 e. The zero-order valence-corrected chi connectivity index (χ0v) is 15.6. The third-order valence-electron chi connectivity index (χ3n) is 2.99. The number of carbonyl (C=O) groups is 1. The first-order valence-electron chi connectivity index (χ1n) is 6.73. The number of nitrogens with zero attached hydrogens (tertiary/aromatic N) is 1. The van der Waals surface area contributed by atoms with Crippen LogP contribution in [0.4, 0.5) is 18.9 Å². The minimum absolute atomic E-state index is 0.177. The summed E-state index contributed by atoms with van der Waals surface area (Å²) in [7, 11) is 0. The van der Waals surface area contributed by atoms with Crippen LogP contribution in [0.3, 0.4) is 0 Å². The number of rotatable bonds is 4. The molecule has 10 heteroatoms. The normalized spacial score (nSPS) is 12.8. The van der Waals surface area contributed by atoms with E-state index in [0.717, 1.165) is 24.0 Å². The molecule has 2 rings (SSSR count).